The van der Waals surface area contributed by atoms with E-state index in [1.54, 1.807) is 0 Å². The minimum absolute atomic E-state index is 0.00193. The highest BCUT2D eigenvalue weighted by Gasteiger charge is 2.32. The Hall–Kier alpha value is -1.14. The molecule has 22 heavy (non-hydrogen) atoms. The summed E-state index contributed by atoms with van der Waals surface area (Å²) in [7, 11) is 0. The zero-order chi connectivity index (χ0) is 16.2. The third-order valence-electron chi connectivity index (χ3n) is 3.83. The third-order valence-corrected chi connectivity index (χ3v) is 4.08. The SMILES string of the molecule is CC1(C)CN(C(CNC(=O)CN)c2ccc(Cl)cc2)CCO1. The predicted molar refractivity (Wildman–Crippen MR) is 87.9 cm³/mol. The molecule has 3 N–H and O–H groups in total. The molecule has 1 fully saturated rings. The van der Waals surface area contributed by atoms with Gasteiger partial charge < -0.3 is 15.8 Å². The van der Waals surface area contributed by atoms with Crippen molar-refractivity contribution < 1.29 is 9.53 Å². The molecule has 122 valence electrons. The lowest BCUT2D eigenvalue weighted by Gasteiger charge is -2.42. The van der Waals surface area contributed by atoms with Crippen LogP contribution in [0.4, 0.5) is 0 Å². The van der Waals surface area contributed by atoms with Gasteiger partial charge in [0.15, 0.2) is 0 Å². The second-order valence-electron chi connectivity index (χ2n) is 6.15. The van der Waals surface area contributed by atoms with Crippen LogP contribution in [0, 0.1) is 0 Å². The van der Waals surface area contributed by atoms with Crippen LogP contribution in [0.3, 0.4) is 0 Å². The quantitative estimate of drug-likeness (QED) is 0.862. The lowest BCUT2D eigenvalue weighted by atomic mass is 10.0. The molecular weight excluding hydrogens is 302 g/mol. The fourth-order valence-corrected chi connectivity index (χ4v) is 2.87. The van der Waals surface area contributed by atoms with Crippen LogP contribution in [-0.2, 0) is 9.53 Å². The summed E-state index contributed by atoms with van der Waals surface area (Å²) in [4.78, 5) is 13.8. The van der Waals surface area contributed by atoms with Gasteiger partial charge in [-0.15, -0.1) is 0 Å². The minimum Gasteiger partial charge on any atom is -0.373 e. The molecule has 0 aliphatic carbocycles. The summed E-state index contributed by atoms with van der Waals surface area (Å²) >= 11 is 5.98. The second kappa shape index (κ2) is 7.42. The van der Waals surface area contributed by atoms with E-state index >= 15 is 0 Å². The summed E-state index contributed by atoms with van der Waals surface area (Å²) in [5.74, 6) is -0.147. The van der Waals surface area contributed by atoms with E-state index in [0.717, 1.165) is 18.7 Å². The zero-order valence-electron chi connectivity index (χ0n) is 13.1. The van der Waals surface area contributed by atoms with E-state index < -0.39 is 0 Å². The summed E-state index contributed by atoms with van der Waals surface area (Å²) in [5, 5.41) is 3.60. The van der Waals surface area contributed by atoms with Gasteiger partial charge in [-0.3, -0.25) is 9.69 Å². The van der Waals surface area contributed by atoms with Gasteiger partial charge in [-0.2, -0.15) is 0 Å². The average Bonchev–Trinajstić information content (AvgIpc) is 2.48. The lowest BCUT2D eigenvalue weighted by molar-refractivity contribution is -0.120. The van der Waals surface area contributed by atoms with Gasteiger partial charge in [0.1, 0.15) is 0 Å². The number of carbonyl (C=O) groups excluding carboxylic acids is 1. The molecule has 5 nitrogen and oxygen atoms in total. The number of hydrogen-bond donors (Lipinski definition) is 2. The van der Waals surface area contributed by atoms with Crippen molar-refractivity contribution in [2.24, 2.45) is 5.73 Å². The Morgan fingerprint density at radius 2 is 2.14 bits per heavy atom. The molecule has 1 atom stereocenters. The topological polar surface area (TPSA) is 67.6 Å². The van der Waals surface area contributed by atoms with Gasteiger partial charge in [-0.1, -0.05) is 23.7 Å². The highest BCUT2D eigenvalue weighted by molar-refractivity contribution is 6.30. The molecule has 2 rings (SSSR count). The van der Waals surface area contributed by atoms with Crippen LogP contribution < -0.4 is 11.1 Å². The van der Waals surface area contributed by atoms with Crippen LogP contribution in [0.25, 0.3) is 0 Å². The predicted octanol–water partition coefficient (Wildman–Crippen LogP) is 1.57. The van der Waals surface area contributed by atoms with Gasteiger partial charge in [0.25, 0.3) is 0 Å². The molecule has 1 unspecified atom stereocenters. The number of nitrogens with two attached hydrogens (primary N) is 1. The third kappa shape index (κ3) is 4.68. The molecule has 0 aromatic heterocycles. The van der Waals surface area contributed by atoms with Crippen molar-refractivity contribution in [2.45, 2.75) is 25.5 Å². The number of amides is 1. The van der Waals surface area contributed by atoms with Gasteiger partial charge >= 0.3 is 0 Å². The maximum Gasteiger partial charge on any atom is 0.233 e. The normalized spacial score (nSPS) is 19.6. The first-order chi connectivity index (χ1) is 10.4. The number of morpholine rings is 1. The summed E-state index contributed by atoms with van der Waals surface area (Å²) in [5.41, 5.74) is 6.31. The van der Waals surface area contributed by atoms with Crippen molar-refractivity contribution >= 4 is 17.5 Å². The van der Waals surface area contributed by atoms with Gasteiger partial charge in [0, 0.05) is 24.7 Å². The molecule has 0 radical (unpaired) electrons. The molecule has 0 bridgehead atoms. The van der Waals surface area contributed by atoms with Gasteiger partial charge in [0.2, 0.25) is 5.91 Å². The summed E-state index contributed by atoms with van der Waals surface area (Å²) in [6, 6.07) is 7.84. The standard InChI is InChI=1S/C16H24ClN3O2/c1-16(2)11-20(7-8-22-16)14(10-19-15(21)9-18)12-3-5-13(17)6-4-12/h3-6,14H,7-11,18H2,1-2H3,(H,19,21). The number of carbonyl (C=O) groups is 1. The van der Waals surface area contributed by atoms with E-state index in [0.29, 0.717) is 18.2 Å². The van der Waals surface area contributed by atoms with Crippen molar-refractivity contribution in [2.75, 3.05) is 32.8 Å². The number of ether oxygens (including phenoxy) is 1. The van der Waals surface area contributed by atoms with Crippen molar-refractivity contribution in [1.82, 2.24) is 10.2 Å². The van der Waals surface area contributed by atoms with Crippen LogP contribution in [-0.4, -0.2) is 49.2 Å². The van der Waals surface area contributed by atoms with Crippen molar-refractivity contribution in [3.05, 3.63) is 34.9 Å². The number of rotatable bonds is 5. The molecule has 1 saturated heterocycles. The fourth-order valence-electron chi connectivity index (χ4n) is 2.74. The minimum atomic E-state index is -0.194. The number of nitrogens with zero attached hydrogens (tertiary/aromatic N) is 1. The van der Waals surface area contributed by atoms with Gasteiger partial charge in [-0.05, 0) is 31.5 Å². The first-order valence-electron chi connectivity index (χ1n) is 7.51. The van der Waals surface area contributed by atoms with Crippen molar-refractivity contribution in [3.63, 3.8) is 0 Å². The molecule has 1 aromatic carbocycles. The van der Waals surface area contributed by atoms with Gasteiger partial charge in [0.05, 0.1) is 24.8 Å². The molecule has 0 saturated carbocycles. The van der Waals surface area contributed by atoms with Crippen LogP contribution in [0.2, 0.25) is 5.02 Å². The van der Waals surface area contributed by atoms with Crippen LogP contribution in [0.5, 0.6) is 0 Å². The number of hydrogen-bond acceptors (Lipinski definition) is 4. The average molecular weight is 326 g/mol. The van der Waals surface area contributed by atoms with Crippen LogP contribution in [0.15, 0.2) is 24.3 Å². The Morgan fingerprint density at radius 1 is 1.45 bits per heavy atom. The van der Waals surface area contributed by atoms with E-state index in [-0.39, 0.29) is 24.1 Å². The smallest absolute Gasteiger partial charge is 0.233 e. The van der Waals surface area contributed by atoms with E-state index in [1.165, 1.54) is 0 Å². The molecule has 1 aliphatic heterocycles. The summed E-state index contributed by atoms with van der Waals surface area (Å²) in [6.45, 7) is 7.00. The first-order valence-corrected chi connectivity index (χ1v) is 7.89. The molecule has 1 heterocycles. The maximum atomic E-state index is 11.5. The van der Waals surface area contributed by atoms with Crippen molar-refractivity contribution in [1.29, 1.82) is 0 Å². The Balaban J connectivity index is 2.16. The number of halogens is 1. The largest absolute Gasteiger partial charge is 0.373 e. The summed E-state index contributed by atoms with van der Waals surface area (Å²) in [6.07, 6.45) is 0. The number of benzene rings is 1. The monoisotopic (exact) mass is 325 g/mol. The fraction of sp³-hybridized carbons (Fsp3) is 0.562. The van der Waals surface area contributed by atoms with Crippen LogP contribution >= 0.6 is 11.6 Å². The Labute approximate surface area is 136 Å². The Kier molecular flexibility index (Phi) is 5.81. The second-order valence-corrected chi connectivity index (χ2v) is 6.59. The first kappa shape index (κ1) is 17.2. The Bertz CT molecular complexity index is 505. The molecule has 1 amide bonds. The summed E-state index contributed by atoms with van der Waals surface area (Å²) < 4.78 is 5.78. The number of nitrogens with one attached hydrogen (secondary N) is 1. The Morgan fingerprint density at radius 3 is 2.73 bits per heavy atom. The van der Waals surface area contributed by atoms with Crippen LogP contribution in [0.1, 0.15) is 25.5 Å². The van der Waals surface area contributed by atoms with E-state index in [9.17, 15) is 4.79 Å². The molecular formula is C16H24ClN3O2. The molecule has 0 spiro atoms. The van der Waals surface area contributed by atoms with E-state index in [2.05, 4.69) is 24.1 Å². The molecule has 6 heteroatoms. The highest BCUT2D eigenvalue weighted by atomic mass is 35.5. The van der Waals surface area contributed by atoms with Gasteiger partial charge in [-0.25, -0.2) is 0 Å². The van der Waals surface area contributed by atoms with Crippen molar-refractivity contribution in [3.8, 4) is 0 Å². The zero-order valence-corrected chi connectivity index (χ0v) is 13.9. The lowest BCUT2D eigenvalue weighted by Crippen LogP contribution is -2.51. The molecule has 1 aliphatic rings. The molecule has 1 aromatic rings. The van der Waals surface area contributed by atoms with E-state index in [4.69, 9.17) is 22.1 Å². The van der Waals surface area contributed by atoms with E-state index in [1.807, 2.05) is 24.3 Å². The highest BCUT2D eigenvalue weighted by Crippen LogP contribution is 2.27. The maximum absolute atomic E-state index is 11.5.